The molecule has 1 atom stereocenters. The van der Waals surface area contributed by atoms with E-state index in [0.717, 1.165) is 17.4 Å². The molecule has 0 spiro atoms. The van der Waals surface area contributed by atoms with Crippen LogP contribution in [0.1, 0.15) is 31.7 Å². The first-order chi connectivity index (χ1) is 8.96. The molecule has 1 N–H and O–H groups in total. The van der Waals surface area contributed by atoms with Crippen molar-refractivity contribution in [3.05, 3.63) is 51.5 Å². The van der Waals surface area contributed by atoms with Gasteiger partial charge in [0.1, 0.15) is 11.4 Å². The van der Waals surface area contributed by atoms with Crippen LogP contribution in [0.25, 0.3) is 0 Å². The molecule has 1 unspecified atom stereocenters. The minimum Gasteiger partial charge on any atom is -0.377 e. The Morgan fingerprint density at radius 3 is 2.84 bits per heavy atom. The molecule has 1 aromatic heterocycles. The number of hydrogen-bond donors (Lipinski definition) is 1. The van der Waals surface area contributed by atoms with E-state index in [4.69, 9.17) is 11.6 Å². The summed E-state index contributed by atoms with van der Waals surface area (Å²) in [6.45, 7) is 4.63. The van der Waals surface area contributed by atoms with Crippen LogP contribution in [0.15, 0.2) is 35.1 Å². The number of halogens is 2. The van der Waals surface area contributed by atoms with Gasteiger partial charge in [0.2, 0.25) is 0 Å². The average Bonchev–Trinajstić information content (AvgIpc) is 2.78. The Kier molecular flexibility index (Phi) is 4.33. The number of aromatic nitrogens is 2. The standard InChI is InChI=1S/C14H16BrClN2O/c1-3-7-18-8-6-17-13(18)14(2,19)11-5-4-10(15)9-12(11)16/h4-6,8-9,19H,3,7H2,1-2H3. The van der Waals surface area contributed by atoms with Crippen molar-refractivity contribution in [3.63, 3.8) is 0 Å². The quantitative estimate of drug-likeness (QED) is 0.912. The molecule has 0 bridgehead atoms. The van der Waals surface area contributed by atoms with E-state index >= 15 is 0 Å². The lowest BCUT2D eigenvalue weighted by Crippen LogP contribution is -2.28. The molecule has 0 aliphatic rings. The lowest BCUT2D eigenvalue weighted by Gasteiger charge is -2.25. The molecular weight excluding hydrogens is 328 g/mol. The van der Waals surface area contributed by atoms with E-state index in [2.05, 4.69) is 27.8 Å². The van der Waals surface area contributed by atoms with Crippen LogP contribution in [-0.4, -0.2) is 14.7 Å². The van der Waals surface area contributed by atoms with Crippen LogP contribution < -0.4 is 0 Å². The topological polar surface area (TPSA) is 38.0 Å². The molecule has 3 nitrogen and oxygen atoms in total. The summed E-state index contributed by atoms with van der Waals surface area (Å²) in [4.78, 5) is 4.29. The number of hydrogen-bond acceptors (Lipinski definition) is 2. The van der Waals surface area contributed by atoms with Crippen molar-refractivity contribution in [3.8, 4) is 0 Å². The normalized spacial score (nSPS) is 14.4. The van der Waals surface area contributed by atoms with Gasteiger partial charge in [0, 0.05) is 34.0 Å². The zero-order chi connectivity index (χ0) is 14.0. The summed E-state index contributed by atoms with van der Waals surface area (Å²) < 4.78 is 2.84. The Morgan fingerprint density at radius 2 is 2.21 bits per heavy atom. The molecule has 0 amide bonds. The van der Waals surface area contributed by atoms with Crippen molar-refractivity contribution in [2.75, 3.05) is 0 Å². The largest absolute Gasteiger partial charge is 0.377 e. The van der Waals surface area contributed by atoms with E-state index in [0.29, 0.717) is 16.4 Å². The summed E-state index contributed by atoms with van der Waals surface area (Å²) in [7, 11) is 0. The van der Waals surface area contributed by atoms with Crippen LogP contribution in [-0.2, 0) is 12.1 Å². The smallest absolute Gasteiger partial charge is 0.146 e. The fourth-order valence-corrected chi connectivity index (χ4v) is 3.02. The second-order valence-corrected chi connectivity index (χ2v) is 5.96. The maximum atomic E-state index is 10.8. The van der Waals surface area contributed by atoms with Gasteiger partial charge >= 0.3 is 0 Å². The highest BCUT2D eigenvalue weighted by Crippen LogP contribution is 2.34. The van der Waals surface area contributed by atoms with Gasteiger partial charge in [-0.25, -0.2) is 4.98 Å². The third-order valence-electron chi connectivity index (χ3n) is 3.07. The number of aliphatic hydroxyl groups is 1. The minimum absolute atomic E-state index is 0.519. The van der Waals surface area contributed by atoms with Crippen LogP contribution >= 0.6 is 27.5 Å². The van der Waals surface area contributed by atoms with Gasteiger partial charge in [-0.2, -0.15) is 0 Å². The minimum atomic E-state index is -1.21. The van der Waals surface area contributed by atoms with E-state index in [-0.39, 0.29) is 0 Å². The first kappa shape index (κ1) is 14.6. The van der Waals surface area contributed by atoms with Crippen molar-refractivity contribution in [2.24, 2.45) is 0 Å². The summed E-state index contributed by atoms with van der Waals surface area (Å²) in [6.07, 6.45) is 4.56. The maximum Gasteiger partial charge on any atom is 0.146 e. The Labute approximate surface area is 126 Å². The molecule has 19 heavy (non-hydrogen) atoms. The van der Waals surface area contributed by atoms with Gasteiger partial charge < -0.3 is 9.67 Å². The Bertz CT molecular complexity index is 581. The number of aryl methyl sites for hydroxylation is 1. The molecule has 2 rings (SSSR count). The molecule has 0 saturated carbocycles. The molecule has 1 aromatic carbocycles. The first-order valence-corrected chi connectivity index (χ1v) is 7.33. The molecular formula is C14H16BrClN2O. The average molecular weight is 344 g/mol. The van der Waals surface area contributed by atoms with Crippen LogP contribution in [0, 0.1) is 0 Å². The highest BCUT2D eigenvalue weighted by Gasteiger charge is 2.32. The number of benzene rings is 1. The number of rotatable bonds is 4. The van der Waals surface area contributed by atoms with Crippen LogP contribution in [0.2, 0.25) is 5.02 Å². The summed E-state index contributed by atoms with van der Waals surface area (Å²) in [5.74, 6) is 0.610. The van der Waals surface area contributed by atoms with Gasteiger partial charge in [-0.15, -0.1) is 0 Å². The SMILES string of the molecule is CCCn1ccnc1C(C)(O)c1ccc(Br)cc1Cl. The van der Waals surface area contributed by atoms with Gasteiger partial charge in [0.05, 0.1) is 0 Å². The van der Waals surface area contributed by atoms with Crippen molar-refractivity contribution >= 4 is 27.5 Å². The van der Waals surface area contributed by atoms with E-state index in [9.17, 15) is 5.11 Å². The molecule has 0 aliphatic heterocycles. The van der Waals surface area contributed by atoms with Gasteiger partial charge in [-0.1, -0.05) is 40.5 Å². The third kappa shape index (κ3) is 2.86. The molecule has 5 heteroatoms. The van der Waals surface area contributed by atoms with Gasteiger partial charge in [0.25, 0.3) is 0 Å². The van der Waals surface area contributed by atoms with Crippen molar-refractivity contribution < 1.29 is 5.11 Å². The van der Waals surface area contributed by atoms with E-state index in [1.54, 1.807) is 19.2 Å². The van der Waals surface area contributed by atoms with Crippen molar-refractivity contribution in [1.82, 2.24) is 9.55 Å². The van der Waals surface area contributed by atoms with Crippen molar-refractivity contribution in [1.29, 1.82) is 0 Å². The summed E-state index contributed by atoms with van der Waals surface area (Å²) >= 11 is 9.60. The van der Waals surface area contributed by atoms with E-state index < -0.39 is 5.60 Å². The number of imidazole rings is 1. The summed E-state index contributed by atoms with van der Waals surface area (Å²) in [5.41, 5.74) is -0.558. The predicted molar refractivity (Wildman–Crippen MR) is 80.3 cm³/mol. The van der Waals surface area contributed by atoms with Crippen LogP contribution in [0.5, 0.6) is 0 Å². The van der Waals surface area contributed by atoms with Gasteiger partial charge in [-0.05, 0) is 25.5 Å². The third-order valence-corrected chi connectivity index (χ3v) is 3.88. The van der Waals surface area contributed by atoms with Gasteiger partial charge in [0.15, 0.2) is 0 Å². The van der Waals surface area contributed by atoms with Crippen LogP contribution in [0.4, 0.5) is 0 Å². The summed E-state index contributed by atoms with van der Waals surface area (Å²) in [5, 5.41) is 11.4. The van der Waals surface area contributed by atoms with Crippen molar-refractivity contribution in [2.45, 2.75) is 32.4 Å². The lowest BCUT2D eigenvalue weighted by atomic mass is 9.95. The molecule has 0 saturated heterocycles. The Balaban J connectivity index is 2.48. The fraction of sp³-hybridized carbons (Fsp3) is 0.357. The molecule has 102 valence electrons. The molecule has 0 radical (unpaired) electrons. The second kappa shape index (κ2) is 5.65. The van der Waals surface area contributed by atoms with E-state index in [1.807, 2.05) is 22.9 Å². The van der Waals surface area contributed by atoms with E-state index in [1.165, 1.54) is 0 Å². The maximum absolute atomic E-state index is 10.8. The number of nitrogens with zero attached hydrogens (tertiary/aromatic N) is 2. The molecule has 0 aliphatic carbocycles. The summed E-state index contributed by atoms with van der Waals surface area (Å²) in [6, 6.07) is 5.46. The zero-order valence-corrected chi connectivity index (χ0v) is 13.2. The molecule has 2 aromatic rings. The van der Waals surface area contributed by atoms with Gasteiger partial charge in [-0.3, -0.25) is 0 Å². The predicted octanol–water partition coefficient (Wildman–Crippen LogP) is 3.96. The fourth-order valence-electron chi connectivity index (χ4n) is 2.16. The Hall–Kier alpha value is -0.840. The second-order valence-electron chi connectivity index (χ2n) is 4.64. The lowest BCUT2D eigenvalue weighted by molar-refractivity contribution is 0.0880. The Morgan fingerprint density at radius 1 is 1.47 bits per heavy atom. The monoisotopic (exact) mass is 342 g/mol. The zero-order valence-electron chi connectivity index (χ0n) is 10.9. The first-order valence-electron chi connectivity index (χ1n) is 6.16. The molecule has 1 heterocycles. The van der Waals surface area contributed by atoms with Crippen LogP contribution in [0.3, 0.4) is 0 Å². The highest BCUT2D eigenvalue weighted by molar-refractivity contribution is 9.10. The highest BCUT2D eigenvalue weighted by atomic mass is 79.9. The molecule has 0 fully saturated rings.